The van der Waals surface area contributed by atoms with Crippen molar-refractivity contribution < 1.29 is 9.53 Å². The predicted octanol–water partition coefficient (Wildman–Crippen LogP) is 5.64. The number of esters is 1. The molecule has 31 heavy (non-hydrogen) atoms. The fourth-order valence-corrected chi connectivity index (χ4v) is 5.33. The van der Waals surface area contributed by atoms with Crippen molar-refractivity contribution >= 4 is 33.3 Å². The normalized spacial score (nSPS) is 13.1. The molecule has 0 saturated heterocycles. The fraction of sp³-hybridized carbons (Fsp3) is 0.240. The minimum atomic E-state index is -0.348. The van der Waals surface area contributed by atoms with E-state index in [0.717, 1.165) is 29.1 Å². The summed E-state index contributed by atoms with van der Waals surface area (Å²) in [5, 5.41) is 4.74. The van der Waals surface area contributed by atoms with Gasteiger partial charge in [-0.2, -0.15) is 0 Å². The second-order valence-corrected chi connectivity index (χ2v) is 8.78. The number of fused-ring (bicyclic) bond motifs is 3. The molecule has 0 fully saturated rings. The third kappa shape index (κ3) is 3.91. The fourth-order valence-electron chi connectivity index (χ4n) is 4.07. The second-order valence-electron chi connectivity index (χ2n) is 7.69. The number of thiophene rings is 1. The van der Waals surface area contributed by atoms with Crippen LogP contribution in [-0.2, 0) is 24.1 Å². The highest BCUT2D eigenvalue weighted by Gasteiger charge is 2.21. The summed E-state index contributed by atoms with van der Waals surface area (Å²) in [6.07, 6.45) is 4.67. The van der Waals surface area contributed by atoms with Gasteiger partial charge in [-0.1, -0.05) is 42.5 Å². The number of hydrogen-bond acceptors (Lipinski definition) is 6. The zero-order valence-electron chi connectivity index (χ0n) is 17.4. The summed E-state index contributed by atoms with van der Waals surface area (Å²) in [6.45, 7) is 0.707. The molecule has 0 bridgehead atoms. The van der Waals surface area contributed by atoms with Crippen molar-refractivity contribution in [1.82, 2.24) is 9.97 Å². The number of carbonyl (C=O) groups is 1. The van der Waals surface area contributed by atoms with Crippen LogP contribution >= 0.6 is 11.3 Å². The molecule has 1 aliphatic rings. The topological polar surface area (TPSA) is 64.1 Å². The Balaban J connectivity index is 1.57. The van der Waals surface area contributed by atoms with Crippen LogP contribution in [0.15, 0.2) is 54.6 Å². The minimum absolute atomic E-state index is 0.348. The number of aromatic nitrogens is 2. The van der Waals surface area contributed by atoms with Crippen LogP contribution in [0.1, 0.15) is 39.2 Å². The molecule has 1 N–H and O–H groups in total. The number of benzene rings is 2. The Morgan fingerprint density at radius 3 is 2.58 bits per heavy atom. The van der Waals surface area contributed by atoms with E-state index in [2.05, 4.69) is 17.4 Å². The molecule has 2 aromatic carbocycles. The molecule has 5 nitrogen and oxygen atoms in total. The van der Waals surface area contributed by atoms with Crippen LogP contribution < -0.4 is 5.32 Å². The van der Waals surface area contributed by atoms with Gasteiger partial charge in [0, 0.05) is 17.0 Å². The summed E-state index contributed by atoms with van der Waals surface area (Å²) in [5.74, 6) is 1.21. The summed E-state index contributed by atoms with van der Waals surface area (Å²) in [7, 11) is 1.39. The molecule has 4 aromatic rings. The van der Waals surface area contributed by atoms with Gasteiger partial charge < -0.3 is 10.1 Å². The van der Waals surface area contributed by atoms with E-state index in [1.54, 1.807) is 23.5 Å². The van der Waals surface area contributed by atoms with Crippen LogP contribution in [0.2, 0.25) is 0 Å². The van der Waals surface area contributed by atoms with Gasteiger partial charge in [-0.15, -0.1) is 11.3 Å². The molecule has 0 aliphatic heterocycles. The Hall–Kier alpha value is -3.25. The lowest BCUT2D eigenvalue weighted by atomic mass is 9.97. The van der Waals surface area contributed by atoms with E-state index >= 15 is 0 Å². The molecule has 5 rings (SSSR count). The van der Waals surface area contributed by atoms with Crippen LogP contribution in [-0.4, -0.2) is 23.0 Å². The molecule has 0 spiro atoms. The minimum Gasteiger partial charge on any atom is -0.465 e. The van der Waals surface area contributed by atoms with E-state index in [4.69, 9.17) is 14.7 Å². The van der Waals surface area contributed by atoms with Crippen molar-refractivity contribution in [3.05, 3.63) is 76.2 Å². The molecule has 2 aromatic heterocycles. The van der Waals surface area contributed by atoms with Crippen LogP contribution in [0.5, 0.6) is 0 Å². The van der Waals surface area contributed by atoms with Gasteiger partial charge in [0.1, 0.15) is 10.6 Å². The van der Waals surface area contributed by atoms with E-state index in [0.29, 0.717) is 17.9 Å². The molecular weight excluding hydrogens is 406 g/mol. The lowest BCUT2D eigenvalue weighted by Crippen LogP contribution is -2.06. The van der Waals surface area contributed by atoms with Crippen LogP contribution in [0.25, 0.3) is 21.6 Å². The number of nitrogens with zero attached hydrogens (tertiary/aromatic N) is 2. The van der Waals surface area contributed by atoms with Gasteiger partial charge in [-0.25, -0.2) is 14.8 Å². The molecule has 0 unspecified atom stereocenters. The Labute approximate surface area is 185 Å². The van der Waals surface area contributed by atoms with Crippen molar-refractivity contribution in [2.75, 3.05) is 12.4 Å². The largest absolute Gasteiger partial charge is 0.465 e. The molecule has 2 heterocycles. The van der Waals surface area contributed by atoms with E-state index in [1.807, 2.05) is 30.3 Å². The zero-order valence-corrected chi connectivity index (χ0v) is 18.2. The standard InChI is InChI=1S/C25H23N3O2S/c1-30-25(29)18-13-11-17(12-14-18)22-27-23(26-15-16-7-3-2-4-8-16)21-19-9-5-6-10-20(19)31-24(21)28-22/h2-4,7-8,11-14H,5-6,9-10,15H2,1H3,(H,26,27,28). The highest BCUT2D eigenvalue weighted by molar-refractivity contribution is 7.19. The second kappa shape index (κ2) is 8.47. The number of ether oxygens (including phenoxy) is 1. The molecular formula is C25H23N3O2S. The molecule has 156 valence electrons. The molecule has 0 atom stereocenters. The first-order valence-electron chi connectivity index (χ1n) is 10.5. The van der Waals surface area contributed by atoms with E-state index in [1.165, 1.54) is 41.3 Å². The summed E-state index contributed by atoms with van der Waals surface area (Å²) in [6, 6.07) is 17.6. The van der Waals surface area contributed by atoms with E-state index < -0.39 is 0 Å². The summed E-state index contributed by atoms with van der Waals surface area (Å²) in [4.78, 5) is 24.1. The number of nitrogens with one attached hydrogen (secondary N) is 1. The first kappa shape index (κ1) is 19.7. The Kier molecular flexibility index (Phi) is 5.38. The van der Waals surface area contributed by atoms with Crippen molar-refractivity contribution in [3.63, 3.8) is 0 Å². The van der Waals surface area contributed by atoms with Crippen molar-refractivity contribution in [3.8, 4) is 11.4 Å². The molecule has 6 heteroatoms. The van der Waals surface area contributed by atoms with Gasteiger partial charge in [0.25, 0.3) is 0 Å². The third-order valence-electron chi connectivity index (χ3n) is 5.68. The number of anilines is 1. The van der Waals surface area contributed by atoms with Gasteiger partial charge in [-0.3, -0.25) is 0 Å². The zero-order chi connectivity index (χ0) is 21.2. The maximum absolute atomic E-state index is 11.8. The first-order chi connectivity index (χ1) is 15.2. The highest BCUT2D eigenvalue weighted by atomic mass is 32.1. The number of methoxy groups -OCH3 is 1. The van der Waals surface area contributed by atoms with Crippen molar-refractivity contribution in [2.45, 2.75) is 32.2 Å². The summed E-state index contributed by atoms with van der Waals surface area (Å²) >= 11 is 1.79. The summed E-state index contributed by atoms with van der Waals surface area (Å²) < 4.78 is 4.80. The lowest BCUT2D eigenvalue weighted by Gasteiger charge is -2.13. The van der Waals surface area contributed by atoms with Crippen LogP contribution in [0.3, 0.4) is 0 Å². The maximum atomic E-state index is 11.8. The number of hydrogen-bond donors (Lipinski definition) is 1. The van der Waals surface area contributed by atoms with Gasteiger partial charge in [0.15, 0.2) is 5.82 Å². The van der Waals surface area contributed by atoms with Crippen LogP contribution in [0.4, 0.5) is 5.82 Å². The highest BCUT2D eigenvalue weighted by Crippen LogP contribution is 2.39. The van der Waals surface area contributed by atoms with Gasteiger partial charge >= 0.3 is 5.97 Å². The Morgan fingerprint density at radius 1 is 1.03 bits per heavy atom. The lowest BCUT2D eigenvalue weighted by molar-refractivity contribution is 0.0601. The Bertz CT molecular complexity index is 1230. The molecule has 0 amide bonds. The SMILES string of the molecule is COC(=O)c1ccc(-c2nc(NCc3ccccc3)c3c4c(sc3n2)CCCC4)cc1. The number of rotatable bonds is 5. The Morgan fingerprint density at radius 2 is 1.81 bits per heavy atom. The average Bonchev–Trinajstić information content (AvgIpc) is 3.21. The monoisotopic (exact) mass is 429 g/mol. The van der Waals surface area contributed by atoms with Gasteiger partial charge in [0.2, 0.25) is 0 Å². The predicted molar refractivity (Wildman–Crippen MR) is 125 cm³/mol. The quantitative estimate of drug-likeness (QED) is 0.416. The molecule has 1 aliphatic carbocycles. The van der Waals surface area contributed by atoms with Crippen molar-refractivity contribution in [2.24, 2.45) is 0 Å². The van der Waals surface area contributed by atoms with E-state index in [9.17, 15) is 4.79 Å². The smallest absolute Gasteiger partial charge is 0.337 e. The molecule has 0 radical (unpaired) electrons. The van der Waals surface area contributed by atoms with E-state index in [-0.39, 0.29) is 5.97 Å². The average molecular weight is 430 g/mol. The van der Waals surface area contributed by atoms with Gasteiger partial charge in [-0.05, 0) is 48.9 Å². The summed E-state index contributed by atoms with van der Waals surface area (Å²) in [5.41, 5.74) is 4.02. The number of aryl methyl sites for hydroxylation is 2. The van der Waals surface area contributed by atoms with Crippen molar-refractivity contribution in [1.29, 1.82) is 0 Å². The number of carbonyl (C=O) groups excluding carboxylic acids is 1. The van der Waals surface area contributed by atoms with Gasteiger partial charge in [0.05, 0.1) is 18.1 Å². The van der Waals surface area contributed by atoms with Crippen LogP contribution in [0, 0.1) is 0 Å². The first-order valence-corrected chi connectivity index (χ1v) is 11.3. The molecule has 0 saturated carbocycles. The third-order valence-corrected chi connectivity index (χ3v) is 6.87. The maximum Gasteiger partial charge on any atom is 0.337 e.